The smallest absolute Gasteiger partial charge is 0.0497 e. The molecule has 0 N–H and O–H groups in total. The van der Waals surface area contributed by atoms with Crippen LogP contribution in [0.3, 0.4) is 0 Å². The molecular formula is C30H21N. The van der Waals surface area contributed by atoms with E-state index in [0.717, 1.165) is 6.54 Å². The summed E-state index contributed by atoms with van der Waals surface area (Å²) in [7, 11) is 0. The Morgan fingerprint density at radius 1 is 0.484 bits per heavy atom. The van der Waals surface area contributed by atoms with E-state index in [9.17, 15) is 0 Å². The summed E-state index contributed by atoms with van der Waals surface area (Å²) in [6, 6.07) is 35.9. The van der Waals surface area contributed by atoms with Crippen LogP contribution in [0.2, 0.25) is 0 Å². The largest absolute Gasteiger partial charge is 0.341 e. The van der Waals surface area contributed by atoms with Gasteiger partial charge >= 0.3 is 0 Å². The molecule has 0 unspecified atom stereocenters. The monoisotopic (exact) mass is 395 g/mol. The molecule has 6 aromatic carbocycles. The summed E-state index contributed by atoms with van der Waals surface area (Å²) < 4.78 is 2.44. The van der Waals surface area contributed by atoms with Crippen LogP contribution in [0.1, 0.15) is 6.92 Å². The third-order valence-electron chi connectivity index (χ3n) is 6.93. The highest BCUT2D eigenvalue weighted by molar-refractivity contribution is 6.30. The first-order valence-electron chi connectivity index (χ1n) is 11.0. The Morgan fingerprint density at radius 2 is 1.03 bits per heavy atom. The molecule has 0 saturated heterocycles. The molecule has 0 aliphatic heterocycles. The highest BCUT2D eigenvalue weighted by Gasteiger charge is 2.15. The van der Waals surface area contributed by atoms with Crippen LogP contribution < -0.4 is 0 Å². The molecule has 1 heterocycles. The molecule has 0 radical (unpaired) electrons. The summed E-state index contributed by atoms with van der Waals surface area (Å²) in [5.41, 5.74) is 2.64. The van der Waals surface area contributed by atoms with Crippen molar-refractivity contribution in [3.63, 3.8) is 0 Å². The lowest BCUT2D eigenvalue weighted by Gasteiger charge is -2.12. The average molecular weight is 396 g/mol. The molecular weight excluding hydrogens is 374 g/mol. The number of nitrogens with zero attached hydrogens (tertiary/aromatic N) is 1. The van der Waals surface area contributed by atoms with Gasteiger partial charge in [-0.2, -0.15) is 0 Å². The van der Waals surface area contributed by atoms with Crippen LogP contribution in [0.15, 0.2) is 97.1 Å². The molecule has 1 heteroatoms. The summed E-state index contributed by atoms with van der Waals surface area (Å²) in [5.74, 6) is 0. The van der Waals surface area contributed by atoms with Gasteiger partial charge in [-0.1, -0.05) is 72.8 Å². The summed E-state index contributed by atoms with van der Waals surface area (Å²) in [5, 5.41) is 13.3. The predicted molar refractivity (Wildman–Crippen MR) is 135 cm³/mol. The van der Waals surface area contributed by atoms with Gasteiger partial charge in [-0.3, -0.25) is 0 Å². The summed E-state index contributed by atoms with van der Waals surface area (Å²) in [6.07, 6.45) is 0. The van der Waals surface area contributed by atoms with Crippen LogP contribution in [-0.2, 0) is 6.54 Å². The van der Waals surface area contributed by atoms with Crippen LogP contribution >= 0.6 is 0 Å². The molecule has 31 heavy (non-hydrogen) atoms. The molecule has 1 aromatic heterocycles. The van der Waals surface area contributed by atoms with E-state index in [1.807, 2.05) is 0 Å². The Morgan fingerprint density at radius 3 is 1.68 bits per heavy atom. The molecule has 0 aliphatic rings. The number of fused-ring (bicyclic) bond motifs is 11. The van der Waals surface area contributed by atoms with Gasteiger partial charge in [-0.15, -0.1) is 0 Å². The van der Waals surface area contributed by atoms with Gasteiger partial charge in [0.2, 0.25) is 0 Å². The van der Waals surface area contributed by atoms with E-state index in [1.165, 1.54) is 64.9 Å². The third-order valence-corrected chi connectivity index (χ3v) is 6.93. The van der Waals surface area contributed by atoms with E-state index < -0.39 is 0 Å². The van der Waals surface area contributed by atoms with Crippen LogP contribution in [0, 0.1) is 0 Å². The van der Waals surface area contributed by atoms with Crippen LogP contribution in [0.5, 0.6) is 0 Å². The number of rotatable bonds is 1. The van der Waals surface area contributed by atoms with Gasteiger partial charge in [-0.25, -0.2) is 0 Å². The third kappa shape index (κ3) is 2.16. The highest BCUT2D eigenvalue weighted by atomic mass is 15.0. The Hall–Kier alpha value is -3.84. The second-order valence-electron chi connectivity index (χ2n) is 8.43. The molecule has 7 aromatic rings. The SMILES string of the molecule is CCn1c2ccccc2c2c3cc4c5ccccc5c5ccccc5c4cc3ccc21. The Balaban J connectivity index is 1.78. The topological polar surface area (TPSA) is 4.93 Å². The quantitative estimate of drug-likeness (QED) is 0.194. The minimum absolute atomic E-state index is 0.969. The Kier molecular flexibility index (Phi) is 3.32. The lowest BCUT2D eigenvalue weighted by molar-refractivity contribution is 0.827. The first kappa shape index (κ1) is 16.9. The zero-order valence-corrected chi connectivity index (χ0v) is 17.4. The first-order chi connectivity index (χ1) is 15.3. The van der Waals surface area contributed by atoms with E-state index in [1.54, 1.807) is 0 Å². The van der Waals surface area contributed by atoms with Crippen molar-refractivity contribution in [3.8, 4) is 0 Å². The minimum atomic E-state index is 0.969. The van der Waals surface area contributed by atoms with Crippen molar-refractivity contribution in [3.05, 3.63) is 97.1 Å². The predicted octanol–water partition coefficient (Wildman–Crippen LogP) is 8.43. The minimum Gasteiger partial charge on any atom is -0.341 e. The molecule has 0 atom stereocenters. The average Bonchev–Trinajstić information content (AvgIpc) is 3.17. The van der Waals surface area contributed by atoms with Crippen molar-refractivity contribution < 1.29 is 0 Å². The normalized spacial score (nSPS) is 12.2. The summed E-state index contributed by atoms with van der Waals surface area (Å²) in [4.78, 5) is 0. The van der Waals surface area contributed by atoms with Crippen molar-refractivity contribution in [2.24, 2.45) is 0 Å². The van der Waals surface area contributed by atoms with Gasteiger partial charge in [0, 0.05) is 28.4 Å². The van der Waals surface area contributed by atoms with Crippen molar-refractivity contribution >= 4 is 64.9 Å². The highest BCUT2D eigenvalue weighted by Crippen LogP contribution is 2.40. The maximum Gasteiger partial charge on any atom is 0.0497 e. The Labute approximate surface area is 180 Å². The molecule has 146 valence electrons. The molecule has 7 rings (SSSR count). The van der Waals surface area contributed by atoms with Crippen LogP contribution in [0.25, 0.3) is 64.9 Å². The summed E-state index contributed by atoms with van der Waals surface area (Å²) >= 11 is 0. The zero-order chi connectivity index (χ0) is 20.5. The fourth-order valence-electron chi connectivity index (χ4n) is 5.61. The number of hydrogen-bond acceptors (Lipinski definition) is 0. The summed E-state index contributed by atoms with van der Waals surface area (Å²) in [6.45, 7) is 3.20. The van der Waals surface area contributed by atoms with Crippen LogP contribution in [0.4, 0.5) is 0 Å². The van der Waals surface area contributed by atoms with Gasteiger partial charge in [0.25, 0.3) is 0 Å². The van der Waals surface area contributed by atoms with Crippen molar-refractivity contribution in [1.29, 1.82) is 0 Å². The van der Waals surface area contributed by atoms with E-state index >= 15 is 0 Å². The number of hydrogen-bond donors (Lipinski definition) is 0. The number of aromatic nitrogens is 1. The second-order valence-corrected chi connectivity index (χ2v) is 8.43. The first-order valence-corrected chi connectivity index (χ1v) is 11.0. The Bertz CT molecular complexity index is 1820. The van der Waals surface area contributed by atoms with E-state index in [0.29, 0.717) is 0 Å². The van der Waals surface area contributed by atoms with E-state index in [4.69, 9.17) is 0 Å². The van der Waals surface area contributed by atoms with Crippen molar-refractivity contribution in [2.45, 2.75) is 13.5 Å². The molecule has 0 saturated carbocycles. The van der Waals surface area contributed by atoms with Gasteiger partial charge in [0.1, 0.15) is 0 Å². The zero-order valence-electron chi connectivity index (χ0n) is 17.4. The van der Waals surface area contributed by atoms with Gasteiger partial charge in [-0.05, 0) is 74.3 Å². The van der Waals surface area contributed by atoms with E-state index in [-0.39, 0.29) is 0 Å². The fraction of sp³-hybridized carbons (Fsp3) is 0.0667. The second kappa shape index (κ2) is 6.09. The number of benzene rings is 6. The fourth-order valence-corrected chi connectivity index (χ4v) is 5.61. The molecule has 0 fully saturated rings. The molecule has 1 nitrogen and oxygen atoms in total. The molecule has 0 bridgehead atoms. The van der Waals surface area contributed by atoms with Crippen molar-refractivity contribution in [1.82, 2.24) is 4.57 Å². The molecule has 0 aliphatic carbocycles. The lowest BCUT2D eigenvalue weighted by Crippen LogP contribution is -1.92. The standard InChI is InChI=1S/C30H21N/c1-2-31-28-14-8-7-13-24(28)30-25-18-27-23-12-6-4-10-21(23)20-9-3-5-11-22(20)26(27)17-19(25)15-16-29(30)31/h3-18H,2H2,1H3. The molecule has 0 spiro atoms. The van der Waals surface area contributed by atoms with E-state index in [2.05, 4.69) is 109 Å². The van der Waals surface area contributed by atoms with Crippen LogP contribution in [-0.4, -0.2) is 4.57 Å². The van der Waals surface area contributed by atoms with Gasteiger partial charge in [0.05, 0.1) is 0 Å². The molecule has 0 amide bonds. The van der Waals surface area contributed by atoms with Gasteiger partial charge < -0.3 is 4.57 Å². The number of para-hydroxylation sites is 1. The lowest BCUT2D eigenvalue weighted by atomic mass is 9.91. The van der Waals surface area contributed by atoms with Crippen molar-refractivity contribution in [2.75, 3.05) is 0 Å². The van der Waals surface area contributed by atoms with Gasteiger partial charge in [0.15, 0.2) is 0 Å². The maximum atomic E-state index is 2.44. The maximum absolute atomic E-state index is 2.44. The number of aryl methyl sites for hydroxylation is 1.